The highest BCUT2D eigenvalue weighted by Gasteiger charge is 2.23. The van der Waals surface area contributed by atoms with E-state index in [0.717, 1.165) is 25.7 Å². The maximum Gasteiger partial charge on any atom is 0.340 e. The quantitative estimate of drug-likeness (QED) is 0.671. The molecule has 0 radical (unpaired) electrons. The van der Waals surface area contributed by atoms with Crippen molar-refractivity contribution in [3.8, 4) is 0 Å². The lowest BCUT2D eigenvalue weighted by atomic mass is 9.86. The number of rotatable bonds is 4. The number of carbonyl (C=O) groups excluding carboxylic acids is 2. The fraction of sp³-hybridized carbons (Fsp3) is 0.500. The van der Waals surface area contributed by atoms with Crippen LogP contribution in [0.25, 0.3) is 0 Å². The van der Waals surface area contributed by atoms with Gasteiger partial charge < -0.3 is 10.1 Å². The molecule has 1 saturated carbocycles. The van der Waals surface area contributed by atoms with Crippen molar-refractivity contribution >= 4 is 23.5 Å². The molecule has 0 aliphatic heterocycles. The molecule has 1 aromatic rings. The first-order valence-electron chi connectivity index (χ1n) is 7.49. The second-order valence-corrected chi connectivity index (χ2v) is 6.17. The molecule has 1 aromatic carbocycles. The molecule has 1 N–H and O–H groups in total. The van der Waals surface area contributed by atoms with Gasteiger partial charge in [0.15, 0.2) is 18.2 Å². The highest BCUT2D eigenvalue weighted by Crippen LogP contribution is 2.24. The lowest BCUT2D eigenvalue weighted by Gasteiger charge is -2.29. The lowest BCUT2D eigenvalue weighted by molar-refractivity contribution is -0.125. The average molecular weight is 346 g/mol. The van der Waals surface area contributed by atoms with Gasteiger partial charge in [-0.15, -0.1) is 0 Å². The predicted octanol–water partition coefficient (Wildman–Crippen LogP) is 3.47. The van der Waals surface area contributed by atoms with Crippen LogP contribution in [0.15, 0.2) is 12.1 Å². The molecule has 7 heteroatoms. The standard InChI is InChI=1S/C16H18ClF2NO3/c1-9-4-2-3-5-14(9)20-15(21)8-23-16(22)10-6-12(18)13(19)7-11(10)17/h6-7,9,14H,2-5,8H2,1H3,(H,20,21)/t9-,14-/m0/s1. The van der Waals surface area contributed by atoms with E-state index in [4.69, 9.17) is 16.3 Å². The van der Waals surface area contributed by atoms with Crippen LogP contribution in [0.4, 0.5) is 8.78 Å². The normalized spacial score (nSPS) is 20.9. The highest BCUT2D eigenvalue weighted by atomic mass is 35.5. The zero-order chi connectivity index (χ0) is 17.0. The molecule has 0 bridgehead atoms. The van der Waals surface area contributed by atoms with Crippen molar-refractivity contribution in [1.82, 2.24) is 5.32 Å². The highest BCUT2D eigenvalue weighted by molar-refractivity contribution is 6.33. The molecule has 0 unspecified atom stereocenters. The van der Waals surface area contributed by atoms with Gasteiger partial charge in [-0.2, -0.15) is 0 Å². The van der Waals surface area contributed by atoms with Gasteiger partial charge in [0.2, 0.25) is 0 Å². The Kier molecular flexibility index (Phi) is 5.93. The summed E-state index contributed by atoms with van der Waals surface area (Å²) in [5.41, 5.74) is -0.315. The van der Waals surface area contributed by atoms with Crippen molar-refractivity contribution in [2.45, 2.75) is 38.6 Å². The minimum atomic E-state index is -1.21. The number of hydrogen-bond donors (Lipinski definition) is 1. The molecule has 4 nitrogen and oxygen atoms in total. The Morgan fingerprint density at radius 2 is 1.91 bits per heavy atom. The Labute approximate surface area is 138 Å². The summed E-state index contributed by atoms with van der Waals surface area (Å²) in [5.74, 6) is -3.38. The Morgan fingerprint density at radius 3 is 2.61 bits per heavy atom. The molecule has 126 valence electrons. The van der Waals surface area contributed by atoms with Gasteiger partial charge in [0.1, 0.15) is 0 Å². The minimum absolute atomic E-state index is 0.0711. The third-order valence-electron chi connectivity index (χ3n) is 4.02. The number of halogens is 3. The van der Waals surface area contributed by atoms with Gasteiger partial charge in [-0.25, -0.2) is 13.6 Å². The van der Waals surface area contributed by atoms with E-state index in [1.165, 1.54) is 0 Å². The summed E-state index contributed by atoms with van der Waals surface area (Å²) in [7, 11) is 0. The molecule has 1 fully saturated rings. The van der Waals surface area contributed by atoms with E-state index in [0.29, 0.717) is 18.1 Å². The summed E-state index contributed by atoms with van der Waals surface area (Å²) >= 11 is 5.68. The van der Waals surface area contributed by atoms with Crippen LogP contribution in [0.1, 0.15) is 43.0 Å². The van der Waals surface area contributed by atoms with Gasteiger partial charge in [0, 0.05) is 6.04 Å². The lowest BCUT2D eigenvalue weighted by Crippen LogP contribution is -2.42. The summed E-state index contributed by atoms with van der Waals surface area (Å²) in [6, 6.07) is 1.42. The molecular weight excluding hydrogens is 328 g/mol. The smallest absolute Gasteiger partial charge is 0.340 e. The number of amides is 1. The number of ether oxygens (including phenoxy) is 1. The van der Waals surface area contributed by atoms with Crippen LogP contribution in [0.2, 0.25) is 5.02 Å². The zero-order valence-corrected chi connectivity index (χ0v) is 13.5. The van der Waals surface area contributed by atoms with Crippen LogP contribution in [0, 0.1) is 17.6 Å². The molecule has 0 spiro atoms. The summed E-state index contributed by atoms with van der Waals surface area (Å²) in [6.45, 7) is 1.58. The first-order valence-corrected chi connectivity index (χ1v) is 7.87. The third-order valence-corrected chi connectivity index (χ3v) is 4.33. The van der Waals surface area contributed by atoms with Crippen LogP contribution >= 0.6 is 11.6 Å². The van der Waals surface area contributed by atoms with Crippen molar-refractivity contribution in [2.75, 3.05) is 6.61 Å². The number of carbonyl (C=O) groups is 2. The van der Waals surface area contributed by atoms with E-state index < -0.39 is 30.1 Å². The molecule has 1 amide bonds. The monoisotopic (exact) mass is 345 g/mol. The molecular formula is C16H18ClF2NO3. The van der Waals surface area contributed by atoms with Crippen LogP contribution < -0.4 is 5.32 Å². The Hall–Kier alpha value is -1.69. The van der Waals surface area contributed by atoms with E-state index in [9.17, 15) is 18.4 Å². The van der Waals surface area contributed by atoms with E-state index in [-0.39, 0.29) is 16.6 Å². The topological polar surface area (TPSA) is 55.4 Å². The van der Waals surface area contributed by atoms with Gasteiger partial charge in [-0.1, -0.05) is 31.4 Å². The SMILES string of the molecule is C[C@H]1CCCC[C@@H]1NC(=O)COC(=O)c1cc(F)c(F)cc1Cl. The number of benzene rings is 1. The van der Waals surface area contributed by atoms with Gasteiger partial charge in [-0.05, 0) is 30.9 Å². The molecule has 1 aliphatic rings. The van der Waals surface area contributed by atoms with E-state index in [2.05, 4.69) is 12.2 Å². The Bertz CT molecular complexity index is 609. The maximum absolute atomic E-state index is 13.1. The fourth-order valence-electron chi connectivity index (χ4n) is 2.67. The average Bonchev–Trinajstić information content (AvgIpc) is 2.51. The second kappa shape index (κ2) is 7.73. The summed E-state index contributed by atoms with van der Waals surface area (Å²) < 4.78 is 30.9. The fourth-order valence-corrected chi connectivity index (χ4v) is 2.89. The van der Waals surface area contributed by atoms with Gasteiger partial charge in [0.25, 0.3) is 5.91 Å². The molecule has 0 saturated heterocycles. The predicted molar refractivity (Wildman–Crippen MR) is 81.2 cm³/mol. The Morgan fingerprint density at radius 1 is 1.26 bits per heavy atom. The van der Waals surface area contributed by atoms with Crippen molar-refractivity contribution in [2.24, 2.45) is 5.92 Å². The summed E-state index contributed by atoms with van der Waals surface area (Å²) in [4.78, 5) is 23.7. The van der Waals surface area contributed by atoms with Gasteiger partial charge >= 0.3 is 5.97 Å². The molecule has 2 rings (SSSR count). The molecule has 0 aromatic heterocycles. The Balaban J connectivity index is 1.89. The first kappa shape index (κ1) is 17.7. The molecule has 0 heterocycles. The largest absolute Gasteiger partial charge is 0.452 e. The van der Waals surface area contributed by atoms with Crippen molar-refractivity contribution in [1.29, 1.82) is 0 Å². The van der Waals surface area contributed by atoms with Crippen molar-refractivity contribution in [3.05, 3.63) is 34.4 Å². The minimum Gasteiger partial charge on any atom is -0.452 e. The van der Waals surface area contributed by atoms with Crippen molar-refractivity contribution < 1.29 is 23.1 Å². The van der Waals surface area contributed by atoms with Crippen LogP contribution in [0.3, 0.4) is 0 Å². The maximum atomic E-state index is 13.1. The van der Waals surface area contributed by atoms with Crippen LogP contribution in [0.5, 0.6) is 0 Å². The number of esters is 1. The van der Waals surface area contributed by atoms with Gasteiger partial charge in [-0.3, -0.25) is 4.79 Å². The van der Waals surface area contributed by atoms with Gasteiger partial charge in [0.05, 0.1) is 10.6 Å². The zero-order valence-electron chi connectivity index (χ0n) is 12.7. The van der Waals surface area contributed by atoms with Crippen LogP contribution in [-0.4, -0.2) is 24.5 Å². The molecule has 1 aliphatic carbocycles. The van der Waals surface area contributed by atoms with Crippen molar-refractivity contribution in [3.63, 3.8) is 0 Å². The van der Waals surface area contributed by atoms with E-state index in [1.807, 2.05) is 0 Å². The van der Waals surface area contributed by atoms with E-state index in [1.54, 1.807) is 0 Å². The summed E-state index contributed by atoms with van der Waals surface area (Å²) in [6.07, 6.45) is 4.15. The number of nitrogens with one attached hydrogen (secondary N) is 1. The second-order valence-electron chi connectivity index (χ2n) is 5.76. The first-order chi connectivity index (χ1) is 10.9. The van der Waals surface area contributed by atoms with E-state index >= 15 is 0 Å². The number of hydrogen-bond acceptors (Lipinski definition) is 3. The third kappa shape index (κ3) is 4.64. The molecule has 23 heavy (non-hydrogen) atoms. The molecule has 2 atom stereocenters. The summed E-state index contributed by atoms with van der Waals surface area (Å²) in [5, 5.41) is 2.56. The van der Waals surface area contributed by atoms with Crippen LogP contribution in [-0.2, 0) is 9.53 Å².